The first-order chi connectivity index (χ1) is 11.0. The Morgan fingerprint density at radius 3 is 2.70 bits per heavy atom. The number of carboxylic acid groups (broad SMARTS) is 1. The number of carbonyl (C=O) groups excluding carboxylic acids is 1. The molecule has 0 radical (unpaired) electrons. The lowest BCUT2D eigenvalue weighted by molar-refractivity contribution is -0.114. The van der Waals surface area contributed by atoms with Gasteiger partial charge < -0.3 is 10.8 Å². The van der Waals surface area contributed by atoms with Crippen LogP contribution in [0.1, 0.15) is 28.9 Å². The van der Waals surface area contributed by atoms with Gasteiger partial charge in [-0.05, 0) is 30.2 Å². The number of halogens is 1. The predicted molar refractivity (Wildman–Crippen MR) is 81.0 cm³/mol. The van der Waals surface area contributed by atoms with Gasteiger partial charge in [-0.2, -0.15) is 0 Å². The number of nitrogens with two attached hydrogens (primary N) is 1. The summed E-state index contributed by atoms with van der Waals surface area (Å²) < 4.78 is 13.8. The Kier molecular flexibility index (Phi) is 3.61. The second kappa shape index (κ2) is 5.60. The molecule has 0 amide bonds. The van der Waals surface area contributed by atoms with E-state index in [9.17, 15) is 14.0 Å². The van der Waals surface area contributed by atoms with Gasteiger partial charge in [0.05, 0.1) is 17.5 Å². The van der Waals surface area contributed by atoms with Crippen LogP contribution in [0.5, 0.6) is 0 Å². The van der Waals surface area contributed by atoms with Crippen LogP contribution >= 0.6 is 0 Å². The molecule has 0 unspecified atom stereocenters. The number of benzene rings is 1. The van der Waals surface area contributed by atoms with Gasteiger partial charge in [-0.15, -0.1) is 0 Å². The molecule has 23 heavy (non-hydrogen) atoms. The van der Waals surface area contributed by atoms with Gasteiger partial charge in [0.25, 0.3) is 0 Å². The number of nitrogens with zero attached hydrogens (tertiary/aromatic N) is 2. The van der Waals surface area contributed by atoms with Gasteiger partial charge in [-0.25, -0.2) is 19.2 Å². The third-order valence-electron chi connectivity index (χ3n) is 3.58. The third kappa shape index (κ3) is 2.80. The summed E-state index contributed by atoms with van der Waals surface area (Å²) in [4.78, 5) is 30.6. The van der Waals surface area contributed by atoms with Crippen molar-refractivity contribution in [3.05, 3.63) is 47.5 Å². The molecule has 0 saturated carbocycles. The highest BCUT2D eigenvalue weighted by Crippen LogP contribution is 2.29. The molecule has 3 N–H and O–H groups in total. The minimum Gasteiger partial charge on any atom is -0.478 e. The lowest BCUT2D eigenvalue weighted by Gasteiger charge is -2.08. The minimum atomic E-state index is -1.35. The van der Waals surface area contributed by atoms with E-state index in [2.05, 4.69) is 9.97 Å². The van der Waals surface area contributed by atoms with Gasteiger partial charge >= 0.3 is 5.97 Å². The lowest BCUT2D eigenvalue weighted by atomic mass is 10.1. The van der Waals surface area contributed by atoms with Gasteiger partial charge in [0, 0.05) is 12.0 Å². The van der Waals surface area contributed by atoms with Crippen LogP contribution in [0.3, 0.4) is 0 Å². The molecule has 1 heterocycles. The number of aromatic nitrogens is 2. The second-order valence-electron chi connectivity index (χ2n) is 5.12. The van der Waals surface area contributed by atoms with Crippen LogP contribution in [-0.2, 0) is 4.79 Å². The highest BCUT2D eigenvalue weighted by atomic mass is 19.1. The van der Waals surface area contributed by atoms with Gasteiger partial charge in [0.1, 0.15) is 17.3 Å². The van der Waals surface area contributed by atoms with E-state index in [1.165, 1.54) is 18.3 Å². The van der Waals surface area contributed by atoms with E-state index in [0.717, 1.165) is 17.7 Å². The van der Waals surface area contributed by atoms with Gasteiger partial charge in [0.2, 0.25) is 0 Å². The van der Waals surface area contributed by atoms with Gasteiger partial charge in [0.15, 0.2) is 5.78 Å². The van der Waals surface area contributed by atoms with Crippen molar-refractivity contribution in [1.29, 1.82) is 0 Å². The molecule has 0 fully saturated rings. The van der Waals surface area contributed by atoms with E-state index < -0.39 is 17.3 Å². The first-order valence-corrected chi connectivity index (χ1v) is 6.85. The zero-order valence-corrected chi connectivity index (χ0v) is 11.9. The van der Waals surface area contributed by atoms with Crippen LogP contribution in [0.2, 0.25) is 0 Å². The zero-order chi connectivity index (χ0) is 16.6. The minimum absolute atomic E-state index is 0.0250. The summed E-state index contributed by atoms with van der Waals surface area (Å²) in [6.45, 7) is 0. The average Bonchev–Trinajstić information content (AvgIpc) is 2.94. The molecular weight excluding hydrogens is 301 g/mol. The molecule has 0 atom stereocenters. The van der Waals surface area contributed by atoms with Crippen molar-refractivity contribution in [2.24, 2.45) is 0 Å². The van der Waals surface area contributed by atoms with E-state index in [1.807, 2.05) is 0 Å². The molecular formula is C16H12FN3O3. The smallest absolute Gasteiger partial charge is 0.338 e. The number of allylic oxidation sites excluding steroid dienone is 2. The highest BCUT2D eigenvalue weighted by Gasteiger charge is 2.18. The van der Waals surface area contributed by atoms with Crippen molar-refractivity contribution >= 4 is 23.1 Å². The molecule has 0 saturated heterocycles. The summed E-state index contributed by atoms with van der Waals surface area (Å²) in [5.41, 5.74) is 7.20. The van der Waals surface area contributed by atoms with Crippen molar-refractivity contribution < 1.29 is 19.1 Å². The fourth-order valence-corrected chi connectivity index (χ4v) is 2.40. The fraction of sp³-hybridized carbons (Fsp3) is 0.125. The quantitative estimate of drug-likeness (QED) is 0.900. The Balaban J connectivity index is 2.06. The molecule has 7 heteroatoms. The van der Waals surface area contributed by atoms with E-state index in [1.54, 1.807) is 0 Å². The molecule has 0 bridgehead atoms. The van der Waals surface area contributed by atoms with Gasteiger partial charge in [-0.1, -0.05) is 6.07 Å². The Labute approximate surface area is 130 Å². The number of rotatable bonds is 3. The van der Waals surface area contributed by atoms with Crippen LogP contribution in [0.15, 0.2) is 30.5 Å². The molecule has 6 nitrogen and oxygen atoms in total. The summed E-state index contributed by atoms with van der Waals surface area (Å²) in [5, 5.41) is 8.86. The average molecular weight is 313 g/mol. The maximum Gasteiger partial charge on any atom is 0.338 e. The van der Waals surface area contributed by atoms with Crippen molar-refractivity contribution in [2.45, 2.75) is 12.8 Å². The molecule has 1 aliphatic carbocycles. The zero-order valence-electron chi connectivity index (χ0n) is 11.9. The maximum absolute atomic E-state index is 13.8. The standard InChI is InChI=1S/C16H12FN3O3/c17-12-6-9(2-4-11(12)16(22)23)14-15(18)19-7-13(20-14)8-1-3-10(21)5-8/h2,4-7H,1,3H2,(H2,18,19)(H,22,23). The Morgan fingerprint density at radius 2 is 2.09 bits per heavy atom. The number of aromatic carboxylic acids is 1. The molecule has 0 spiro atoms. The monoisotopic (exact) mass is 313 g/mol. The van der Waals surface area contributed by atoms with Crippen molar-refractivity contribution in [3.63, 3.8) is 0 Å². The number of nitrogen functional groups attached to an aromatic ring is 1. The summed E-state index contributed by atoms with van der Waals surface area (Å²) in [5.74, 6) is -2.11. The number of hydrogen-bond donors (Lipinski definition) is 2. The van der Waals surface area contributed by atoms with Crippen LogP contribution in [-0.4, -0.2) is 26.8 Å². The number of carbonyl (C=O) groups is 2. The van der Waals surface area contributed by atoms with E-state index in [4.69, 9.17) is 10.8 Å². The second-order valence-corrected chi connectivity index (χ2v) is 5.12. The SMILES string of the molecule is Nc1ncc(C2=CC(=O)CC2)nc1-c1ccc(C(=O)O)c(F)c1. The van der Waals surface area contributed by atoms with Crippen molar-refractivity contribution in [1.82, 2.24) is 9.97 Å². The van der Waals surface area contributed by atoms with E-state index >= 15 is 0 Å². The van der Waals surface area contributed by atoms with Crippen molar-refractivity contribution in [2.75, 3.05) is 5.73 Å². The van der Waals surface area contributed by atoms with Crippen LogP contribution in [0.25, 0.3) is 16.8 Å². The number of hydrogen-bond acceptors (Lipinski definition) is 5. The highest BCUT2D eigenvalue weighted by molar-refractivity contribution is 6.01. The molecule has 1 aromatic carbocycles. The molecule has 116 valence electrons. The topological polar surface area (TPSA) is 106 Å². The largest absolute Gasteiger partial charge is 0.478 e. The summed E-state index contributed by atoms with van der Waals surface area (Å²) in [6, 6.07) is 3.63. The first kappa shape index (κ1) is 14.8. The normalized spacial score (nSPS) is 14.0. The molecule has 2 aromatic rings. The van der Waals surface area contributed by atoms with Crippen LogP contribution in [0, 0.1) is 5.82 Å². The number of ketones is 1. The van der Waals surface area contributed by atoms with Crippen molar-refractivity contribution in [3.8, 4) is 11.3 Å². The lowest BCUT2D eigenvalue weighted by Crippen LogP contribution is -2.03. The summed E-state index contributed by atoms with van der Waals surface area (Å²) >= 11 is 0. The molecule has 0 aliphatic heterocycles. The maximum atomic E-state index is 13.8. The van der Waals surface area contributed by atoms with Crippen LogP contribution < -0.4 is 5.73 Å². The van der Waals surface area contributed by atoms with E-state index in [0.29, 0.717) is 24.1 Å². The third-order valence-corrected chi connectivity index (χ3v) is 3.58. The Bertz CT molecular complexity index is 862. The Hall–Kier alpha value is -3.09. The van der Waals surface area contributed by atoms with Gasteiger partial charge in [-0.3, -0.25) is 4.79 Å². The number of anilines is 1. The van der Waals surface area contributed by atoms with E-state index in [-0.39, 0.29) is 17.3 Å². The first-order valence-electron chi connectivity index (χ1n) is 6.85. The predicted octanol–water partition coefficient (Wildman–Crippen LogP) is 2.31. The summed E-state index contributed by atoms with van der Waals surface area (Å²) in [7, 11) is 0. The molecule has 1 aliphatic rings. The fourth-order valence-electron chi connectivity index (χ4n) is 2.40. The Morgan fingerprint density at radius 1 is 1.30 bits per heavy atom. The molecule has 3 rings (SSSR count). The summed E-state index contributed by atoms with van der Waals surface area (Å²) in [6.07, 6.45) is 3.98. The number of carboxylic acids is 1. The van der Waals surface area contributed by atoms with Crippen LogP contribution in [0.4, 0.5) is 10.2 Å². The molecule has 1 aromatic heterocycles.